The van der Waals surface area contributed by atoms with Crippen molar-refractivity contribution >= 4 is 28.4 Å². The van der Waals surface area contributed by atoms with Gasteiger partial charge in [-0.15, -0.1) is 0 Å². The highest BCUT2D eigenvalue weighted by molar-refractivity contribution is 6.09. The number of methoxy groups -OCH3 is 1. The summed E-state index contributed by atoms with van der Waals surface area (Å²) in [5.41, 5.74) is 2.37. The molecule has 4 aliphatic heterocycles. The normalized spacial score (nSPS) is 25.3. The minimum atomic E-state index is -0.879. The van der Waals surface area contributed by atoms with Crippen molar-refractivity contribution in [2.45, 2.75) is 24.4 Å². The van der Waals surface area contributed by atoms with Crippen LogP contribution in [0.5, 0.6) is 11.5 Å². The number of urea groups is 1. The Labute approximate surface area is 264 Å². The molecular weight excluding hydrogens is 570 g/mol. The zero-order valence-electron chi connectivity index (χ0n) is 26.4. The van der Waals surface area contributed by atoms with E-state index in [2.05, 4.69) is 51.1 Å². The molecule has 3 aromatic rings. The van der Waals surface area contributed by atoms with Gasteiger partial charge in [0.1, 0.15) is 5.54 Å². The Bertz CT molecular complexity index is 1610. The van der Waals surface area contributed by atoms with Crippen LogP contribution in [0, 0.1) is 5.92 Å². The summed E-state index contributed by atoms with van der Waals surface area (Å²) in [4.78, 5) is 39.2. The van der Waals surface area contributed by atoms with Crippen molar-refractivity contribution in [3.8, 4) is 11.5 Å². The van der Waals surface area contributed by atoms with Crippen LogP contribution in [-0.4, -0.2) is 122 Å². The molecule has 4 saturated heterocycles. The molecule has 45 heavy (non-hydrogen) atoms. The molecule has 4 heterocycles. The zero-order chi connectivity index (χ0) is 31.3. The number of nitrogens with zero attached hydrogens (tertiary/aromatic N) is 5. The maximum atomic E-state index is 14.5. The van der Waals surface area contributed by atoms with Crippen LogP contribution >= 0.6 is 0 Å². The average molecular weight is 614 g/mol. The summed E-state index contributed by atoms with van der Waals surface area (Å²) < 4.78 is 10.7. The molecule has 4 aliphatic rings. The lowest BCUT2D eigenvalue weighted by molar-refractivity contribution is -0.133. The molecule has 0 bridgehead atoms. The highest BCUT2D eigenvalue weighted by Crippen LogP contribution is 2.55. The predicted molar refractivity (Wildman–Crippen MR) is 173 cm³/mol. The number of imide groups is 1. The Morgan fingerprint density at radius 1 is 0.978 bits per heavy atom. The van der Waals surface area contributed by atoms with Crippen molar-refractivity contribution in [1.29, 1.82) is 0 Å². The smallest absolute Gasteiger partial charge is 0.328 e. The van der Waals surface area contributed by atoms with Crippen LogP contribution in [0.2, 0.25) is 0 Å². The number of rotatable bonds is 9. The van der Waals surface area contributed by atoms with Gasteiger partial charge in [-0.05, 0) is 47.6 Å². The molecule has 10 nitrogen and oxygen atoms in total. The Kier molecular flexibility index (Phi) is 7.83. The van der Waals surface area contributed by atoms with E-state index in [-0.39, 0.29) is 29.6 Å². The van der Waals surface area contributed by atoms with Crippen molar-refractivity contribution < 1.29 is 24.2 Å². The van der Waals surface area contributed by atoms with Crippen LogP contribution in [-0.2, 0) is 16.0 Å². The molecule has 0 aliphatic carbocycles. The van der Waals surface area contributed by atoms with E-state index in [0.717, 1.165) is 66.6 Å². The number of phenolic OH excluding ortho intramolecular Hbond substituents is 1. The Morgan fingerprint density at radius 2 is 1.76 bits per heavy atom. The number of phenols is 1. The second kappa shape index (κ2) is 11.8. The van der Waals surface area contributed by atoms with Crippen LogP contribution in [0.15, 0.2) is 54.6 Å². The molecule has 1 spiro atoms. The fraction of sp³-hybridized carbons (Fsp3) is 0.486. The highest BCUT2D eigenvalue weighted by Gasteiger charge is 2.70. The molecule has 0 radical (unpaired) electrons. The summed E-state index contributed by atoms with van der Waals surface area (Å²) in [5, 5.41) is 12.6. The maximum Gasteiger partial charge on any atom is 0.328 e. The third-order valence-corrected chi connectivity index (χ3v) is 10.4. The number of likely N-dealkylation sites (tertiary alicyclic amines) is 1. The van der Waals surface area contributed by atoms with Crippen molar-refractivity contribution in [2.75, 3.05) is 85.1 Å². The predicted octanol–water partition coefficient (Wildman–Crippen LogP) is 3.57. The van der Waals surface area contributed by atoms with Gasteiger partial charge < -0.3 is 24.4 Å². The second-order valence-electron chi connectivity index (χ2n) is 13.0. The van der Waals surface area contributed by atoms with Gasteiger partial charge in [0.25, 0.3) is 5.91 Å². The minimum absolute atomic E-state index is 0.0314. The molecule has 3 aromatic carbocycles. The lowest BCUT2D eigenvalue weighted by Crippen LogP contribution is -2.52. The number of hydrogen-bond acceptors (Lipinski definition) is 8. The summed E-state index contributed by atoms with van der Waals surface area (Å²) in [6.07, 6.45) is 1.48. The molecular formula is C35H43N5O5. The SMILES string of the molecule is COc1ccc(CCN2C[C@@H]3C[C@@H](c4ccc(N(C)C)c5ccccc45)N4C(=O)N(CCN5CCOCC5)C(=O)C34C2)cc1O. The lowest BCUT2D eigenvalue weighted by Gasteiger charge is -2.32. The number of carbonyl (C=O) groups is 2. The van der Waals surface area contributed by atoms with E-state index in [1.54, 1.807) is 19.2 Å². The number of benzene rings is 3. The number of morpholine rings is 1. The average Bonchev–Trinajstić information content (AvgIpc) is 3.63. The van der Waals surface area contributed by atoms with Crippen molar-refractivity contribution in [1.82, 2.24) is 19.6 Å². The van der Waals surface area contributed by atoms with Crippen LogP contribution < -0.4 is 9.64 Å². The fourth-order valence-electron chi connectivity index (χ4n) is 8.16. The molecule has 3 atom stereocenters. The molecule has 3 amide bonds. The van der Waals surface area contributed by atoms with E-state index in [1.807, 2.05) is 25.1 Å². The first-order valence-corrected chi connectivity index (χ1v) is 16.0. The van der Waals surface area contributed by atoms with Gasteiger partial charge in [-0.2, -0.15) is 0 Å². The molecule has 0 aromatic heterocycles. The molecule has 0 saturated carbocycles. The number of hydrogen-bond donors (Lipinski definition) is 1. The number of aromatic hydroxyl groups is 1. The van der Waals surface area contributed by atoms with Gasteiger partial charge in [0.2, 0.25) is 0 Å². The second-order valence-corrected chi connectivity index (χ2v) is 13.0. The van der Waals surface area contributed by atoms with Crippen molar-refractivity contribution in [3.63, 3.8) is 0 Å². The Hall–Kier alpha value is -3.86. The van der Waals surface area contributed by atoms with Crippen molar-refractivity contribution in [2.24, 2.45) is 5.92 Å². The van der Waals surface area contributed by atoms with Gasteiger partial charge in [0.05, 0.1) is 26.4 Å². The van der Waals surface area contributed by atoms with Gasteiger partial charge in [-0.1, -0.05) is 36.4 Å². The third-order valence-electron chi connectivity index (χ3n) is 10.4. The number of ether oxygens (including phenoxy) is 2. The fourth-order valence-corrected chi connectivity index (χ4v) is 8.16. The first-order valence-electron chi connectivity index (χ1n) is 16.0. The number of carbonyl (C=O) groups excluding carboxylic acids is 2. The quantitative estimate of drug-likeness (QED) is 0.367. The Morgan fingerprint density at radius 3 is 2.49 bits per heavy atom. The van der Waals surface area contributed by atoms with Gasteiger partial charge in [-0.25, -0.2) is 4.79 Å². The summed E-state index contributed by atoms with van der Waals surface area (Å²) in [6, 6.07) is 17.9. The van der Waals surface area contributed by atoms with E-state index in [1.165, 1.54) is 4.90 Å². The molecule has 4 fully saturated rings. The van der Waals surface area contributed by atoms with Gasteiger partial charge >= 0.3 is 6.03 Å². The highest BCUT2D eigenvalue weighted by atomic mass is 16.5. The van der Waals surface area contributed by atoms with Crippen LogP contribution in [0.25, 0.3) is 10.8 Å². The number of amides is 3. The zero-order valence-corrected chi connectivity index (χ0v) is 26.4. The first-order chi connectivity index (χ1) is 21.8. The van der Waals surface area contributed by atoms with Gasteiger partial charge in [0, 0.05) is 76.9 Å². The third kappa shape index (κ3) is 4.99. The van der Waals surface area contributed by atoms with Crippen molar-refractivity contribution in [3.05, 3.63) is 65.7 Å². The monoisotopic (exact) mass is 613 g/mol. The van der Waals surface area contributed by atoms with Gasteiger partial charge in [0.15, 0.2) is 11.5 Å². The van der Waals surface area contributed by atoms with Gasteiger partial charge in [-0.3, -0.25) is 19.5 Å². The van der Waals surface area contributed by atoms with E-state index in [9.17, 15) is 14.7 Å². The van der Waals surface area contributed by atoms with E-state index in [4.69, 9.17) is 9.47 Å². The molecule has 1 N–H and O–H groups in total. The molecule has 10 heteroatoms. The summed E-state index contributed by atoms with van der Waals surface area (Å²) in [6.45, 7) is 6.04. The van der Waals surface area contributed by atoms with E-state index in [0.29, 0.717) is 38.6 Å². The largest absolute Gasteiger partial charge is 0.504 e. The maximum absolute atomic E-state index is 14.5. The van der Waals surface area contributed by atoms with Crippen LogP contribution in [0.4, 0.5) is 10.5 Å². The summed E-state index contributed by atoms with van der Waals surface area (Å²) >= 11 is 0. The topological polar surface area (TPSA) is 89.0 Å². The van der Waals surface area contributed by atoms with Crippen LogP contribution in [0.3, 0.4) is 0 Å². The van der Waals surface area contributed by atoms with E-state index < -0.39 is 5.54 Å². The summed E-state index contributed by atoms with van der Waals surface area (Å²) in [5.74, 6) is 0.560. The number of anilines is 1. The van der Waals surface area contributed by atoms with Crippen LogP contribution in [0.1, 0.15) is 23.6 Å². The number of fused-ring (bicyclic) bond motifs is 1. The Balaban J connectivity index is 1.20. The molecule has 1 unspecified atom stereocenters. The lowest BCUT2D eigenvalue weighted by atomic mass is 9.87. The molecule has 238 valence electrons. The molecule has 7 rings (SSSR count). The summed E-state index contributed by atoms with van der Waals surface area (Å²) in [7, 11) is 5.64. The first kappa shape index (κ1) is 29.8. The standard InChI is InChI=1S/C35H43N5O5/c1-36(2)29-10-9-28(26-6-4-5-7-27(26)29)30-21-25-22-38(13-12-24-8-11-32(44-3)31(41)20-24)23-35(25)33(42)39(34(43)40(30)35)15-14-37-16-18-45-19-17-37/h4-11,20,25,30,41H,12-19,21-23H2,1-3H3/t25-,30-,35?/m0/s1. The van der Waals surface area contributed by atoms with E-state index >= 15 is 0 Å². The minimum Gasteiger partial charge on any atom is -0.504 e.